The summed E-state index contributed by atoms with van der Waals surface area (Å²) >= 11 is 0. The highest BCUT2D eigenvalue weighted by molar-refractivity contribution is 7.92. The first-order valence-corrected chi connectivity index (χ1v) is 13.4. The van der Waals surface area contributed by atoms with Gasteiger partial charge in [0.05, 0.1) is 35.2 Å². The molecule has 10 nitrogen and oxygen atoms in total. The molecule has 0 saturated carbocycles. The molecule has 2 aromatic heterocycles. The van der Waals surface area contributed by atoms with E-state index in [9.17, 15) is 18.0 Å². The van der Waals surface area contributed by atoms with E-state index in [1.54, 1.807) is 56.4 Å². The van der Waals surface area contributed by atoms with Gasteiger partial charge in [0.1, 0.15) is 5.69 Å². The summed E-state index contributed by atoms with van der Waals surface area (Å²) in [7, 11) is -0.968. The summed E-state index contributed by atoms with van der Waals surface area (Å²) in [6.07, 6.45) is 2.97. The molecular weight excluding hydrogens is 506 g/mol. The predicted octanol–water partition coefficient (Wildman–Crippen LogP) is 3.27. The molecule has 38 heavy (non-hydrogen) atoms. The van der Waals surface area contributed by atoms with Gasteiger partial charge in [0.25, 0.3) is 15.6 Å². The predicted molar refractivity (Wildman–Crippen MR) is 146 cm³/mol. The van der Waals surface area contributed by atoms with E-state index in [4.69, 9.17) is 4.74 Å². The Labute approximate surface area is 220 Å². The van der Waals surface area contributed by atoms with Gasteiger partial charge in [-0.15, -0.1) is 0 Å². The number of nitrogens with one attached hydrogen (secondary N) is 2. The molecule has 1 amide bonds. The number of amides is 1. The van der Waals surface area contributed by atoms with Crippen LogP contribution >= 0.6 is 0 Å². The summed E-state index contributed by atoms with van der Waals surface area (Å²) in [5.74, 6) is -0.487. The zero-order chi connectivity index (χ0) is 27.6. The van der Waals surface area contributed by atoms with Crippen molar-refractivity contribution in [1.29, 1.82) is 0 Å². The molecule has 4 aromatic rings. The number of hydrogen-bond acceptors (Lipinski definition) is 7. The number of pyridine rings is 1. The number of aromatic nitrogens is 3. The lowest BCUT2D eigenvalue weighted by atomic mass is 10.0. The molecule has 2 heterocycles. The van der Waals surface area contributed by atoms with Crippen LogP contribution in [-0.2, 0) is 21.4 Å². The van der Waals surface area contributed by atoms with Gasteiger partial charge in [0.15, 0.2) is 0 Å². The molecule has 0 aliphatic heterocycles. The fourth-order valence-electron chi connectivity index (χ4n) is 4.02. The number of methoxy groups -OCH3 is 1. The average Bonchev–Trinajstić information content (AvgIpc) is 2.90. The van der Waals surface area contributed by atoms with E-state index in [-0.39, 0.29) is 34.5 Å². The summed E-state index contributed by atoms with van der Waals surface area (Å²) in [5, 5.41) is 2.94. The van der Waals surface area contributed by atoms with E-state index in [0.29, 0.717) is 22.0 Å². The maximum atomic E-state index is 13.2. The topological polar surface area (TPSA) is 132 Å². The number of aryl methyl sites for hydroxylation is 2. The molecule has 1 unspecified atom stereocenters. The normalized spacial score (nSPS) is 12.2. The lowest BCUT2D eigenvalue weighted by Gasteiger charge is -2.14. The Morgan fingerprint density at radius 2 is 1.82 bits per heavy atom. The highest BCUT2D eigenvalue weighted by Crippen LogP contribution is 2.31. The standard InChI is InChI=1S/C27H29N5O5S/c1-16-6-8-21(10-17(16)2)38(35,36)31-24-12-20(13-29-26(24)37-5)19-7-9-23-22(11-19)27(34)32(15-30-23)14-18(3)25(33)28-4/h6-13,15,18,31H,14H2,1-5H3,(H,28,33). The van der Waals surface area contributed by atoms with Crippen LogP contribution in [0.1, 0.15) is 18.1 Å². The van der Waals surface area contributed by atoms with Crippen LogP contribution in [0.25, 0.3) is 22.0 Å². The van der Waals surface area contributed by atoms with Crippen molar-refractivity contribution in [2.45, 2.75) is 32.2 Å². The fourth-order valence-corrected chi connectivity index (χ4v) is 5.16. The van der Waals surface area contributed by atoms with E-state index in [2.05, 4.69) is 20.0 Å². The molecule has 0 aliphatic carbocycles. The van der Waals surface area contributed by atoms with Gasteiger partial charge in [-0.2, -0.15) is 0 Å². The Balaban J connectivity index is 1.73. The van der Waals surface area contributed by atoms with Crippen molar-refractivity contribution in [3.05, 3.63) is 76.5 Å². The Morgan fingerprint density at radius 3 is 2.50 bits per heavy atom. The minimum Gasteiger partial charge on any atom is -0.480 e. The monoisotopic (exact) mass is 535 g/mol. The summed E-state index contributed by atoms with van der Waals surface area (Å²) < 4.78 is 35.5. The fraction of sp³-hybridized carbons (Fsp3) is 0.259. The van der Waals surface area contributed by atoms with Gasteiger partial charge in [0, 0.05) is 25.4 Å². The van der Waals surface area contributed by atoms with Gasteiger partial charge < -0.3 is 10.1 Å². The highest BCUT2D eigenvalue weighted by atomic mass is 32.2. The number of rotatable bonds is 8. The number of ether oxygens (including phenoxy) is 1. The van der Waals surface area contributed by atoms with Crippen molar-refractivity contribution in [2.24, 2.45) is 5.92 Å². The van der Waals surface area contributed by atoms with E-state index >= 15 is 0 Å². The lowest BCUT2D eigenvalue weighted by Crippen LogP contribution is -2.32. The number of carbonyl (C=O) groups is 1. The SMILES string of the molecule is CNC(=O)C(C)Cn1cnc2ccc(-c3cnc(OC)c(NS(=O)(=O)c4ccc(C)c(C)c4)c3)cc2c1=O. The minimum atomic E-state index is -3.92. The number of sulfonamides is 1. The number of nitrogens with zero attached hydrogens (tertiary/aromatic N) is 3. The second-order valence-electron chi connectivity index (χ2n) is 9.08. The zero-order valence-corrected chi connectivity index (χ0v) is 22.6. The van der Waals surface area contributed by atoms with Crippen LogP contribution in [0.2, 0.25) is 0 Å². The molecule has 11 heteroatoms. The van der Waals surface area contributed by atoms with E-state index in [0.717, 1.165) is 11.1 Å². The molecule has 0 spiro atoms. The van der Waals surface area contributed by atoms with Gasteiger partial charge in [-0.25, -0.2) is 18.4 Å². The van der Waals surface area contributed by atoms with Crippen LogP contribution in [-0.4, -0.2) is 43.0 Å². The van der Waals surface area contributed by atoms with Crippen LogP contribution in [0.5, 0.6) is 5.88 Å². The summed E-state index contributed by atoms with van der Waals surface area (Å²) in [5.41, 5.74) is 3.41. The molecule has 0 radical (unpaired) electrons. The third-order valence-corrected chi connectivity index (χ3v) is 7.76. The first-order valence-electron chi connectivity index (χ1n) is 11.9. The Hall–Kier alpha value is -4.25. The maximum absolute atomic E-state index is 13.2. The Kier molecular flexibility index (Phi) is 7.49. The largest absolute Gasteiger partial charge is 0.480 e. The van der Waals surface area contributed by atoms with Gasteiger partial charge in [-0.3, -0.25) is 18.9 Å². The number of anilines is 1. The minimum absolute atomic E-state index is 0.106. The molecule has 0 saturated heterocycles. The van der Waals surface area contributed by atoms with Crippen molar-refractivity contribution < 1.29 is 17.9 Å². The van der Waals surface area contributed by atoms with E-state index in [1.165, 1.54) is 24.2 Å². The van der Waals surface area contributed by atoms with Crippen molar-refractivity contribution in [3.63, 3.8) is 0 Å². The van der Waals surface area contributed by atoms with Gasteiger partial charge >= 0.3 is 0 Å². The molecule has 0 bridgehead atoms. The Bertz CT molecular complexity index is 1700. The maximum Gasteiger partial charge on any atom is 0.262 e. The van der Waals surface area contributed by atoms with Crippen LogP contribution < -0.4 is 20.3 Å². The molecule has 1 atom stereocenters. The smallest absolute Gasteiger partial charge is 0.262 e. The van der Waals surface area contributed by atoms with E-state index < -0.39 is 15.9 Å². The van der Waals surface area contributed by atoms with E-state index in [1.807, 2.05) is 13.8 Å². The third-order valence-electron chi connectivity index (χ3n) is 6.40. The number of benzene rings is 2. The van der Waals surface area contributed by atoms with Crippen LogP contribution in [0.4, 0.5) is 5.69 Å². The van der Waals surface area contributed by atoms with Crippen LogP contribution in [0, 0.1) is 19.8 Å². The van der Waals surface area contributed by atoms with Crippen molar-refractivity contribution in [2.75, 3.05) is 18.9 Å². The Morgan fingerprint density at radius 1 is 1.05 bits per heavy atom. The molecule has 0 fully saturated rings. The zero-order valence-electron chi connectivity index (χ0n) is 21.8. The van der Waals surface area contributed by atoms with Crippen LogP contribution in [0.15, 0.2) is 64.7 Å². The summed E-state index contributed by atoms with van der Waals surface area (Å²) in [4.78, 5) is 33.9. The molecule has 2 N–H and O–H groups in total. The third kappa shape index (κ3) is 5.37. The second kappa shape index (κ2) is 10.6. The highest BCUT2D eigenvalue weighted by Gasteiger charge is 2.19. The summed E-state index contributed by atoms with van der Waals surface area (Å²) in [6.45, 7) is 5.67. The van der Waals surface area contributed by atoms with Gasteiger partial charge in [0.2, 0.25) is 11.8 Å². The van der Waals surface area contributed by atoms with Crippen molar-refractivity contribution >= 4 is 32.5 Å². The molecule has 4 rings (SSSR count). The lowest BCUT2D eigenvalue weighted by molar-refractivity contribution is -0.124. The summed E-state index contributed by atoms with van der Waals surface area (Å²) in [6, 6.07) is 11.7. The van der Waals surface area contributed by atoms with Gasteiger partial charge in [-0.1, -0.05) is 19.1 Å². The van der Waals surface area contributed by atoms with Crippen LogP contribution in [0.3, 0.4) is 0 Å². The molecule has 0 aliphatic rings. The van der Waals surface area contributed by atoms with Gasteiger partial charge in [-0.05, 0) is 60.9 Å². The molecular formula is C27H29N5O5S. The number of fused-ring (bicyclic) bond motifs is 1. The molecule has 2 aromatic carbocycles. The quantitative estimate of drug-likeness (QED) is 0.354. The number of hydrogen-bond donors (Lipinski definition) is 2. The van der Waals surface area contributed by atoms with Crippen molar-refractivity contribution in [3.8, 4) is 17.0 Å². The van der Waals surface area contributed by atoms with Crippen molar-refractivity contribution in [1.82, 2.24) is 19.9 Å². The second-order valence-corrected chi connectivity index (χ2v) is 10.8. The first-order chi connectivity index (χ1) is 18.0. The number of carbonyl (C=O) groups excluding carboxylic acids is 1. The molecule has 198 valence electrons. The first kappa shape index (κ1) is 26.8. The average molecular weight is 536 g/mol.